The summed E-state index contributed by atoms with van der Waals surface area (Å²) in [5.41, 5.74) is 0. The molecule has 1 aliphatic heterocycles. The lowest BCUT2D eigenvalue weighted by molar-refractivity contribution is -0.131. The van der Waals surface area contributed by atoms with Gasteiger partial charge in [-0.3, -0.25) is 4.79 Å². The summed E-state index contributed by atoms with van der Waals surface area (Å²) in [4.78, 5) is 23.7. The average Bonchev–Trinajstić information content (AvgIpc) is 2.67. The summed E-state index contributed by atoms with van der Waals surface area (Å²) in [7, 11) is 0. The number of carboxylic acids is 1. The van der Waals surface area contributed by atoms with Gasteiger partial charge < -0.3 is 15.3 Å². The highest BCUT2D eigenvalue weighted by Gasteiger charge is 2.15. The predicted molar refractivity (Wildman–Crippen MR) is 60.1 cm³/mol. The third-order valence-corrected chi connectivity index (χ3v) is 2.50. The van der Waals surface area contributed by atoms with Crippen molar-refractivity contribution in [2.45, 2.75) is 25.8 Å². The zero-order valence-electron chi connectivity index (χ0n) is 9.48. The second kappa shape index (κ2) is 6.27. The number of carbonyl (C=O) groups is 2. The number of hydrogen-bond donors (Lipinski definition) is 2. The Labute approximate surface area is 95.1 Å². The molecule has 1 heterocycles. The summed E-state index contributed by atoms with van der Waals surface area (Å²) >= 11 is 0. The second-order valence-electron chi connectivity index (χ2n) is 4.09. The van der Waals surface area contributed by atoms with Gasteiger partial charge >= 0.3 is 5.97 Å². The second-order valence-corrected chi connectivity index (χ2v) is 4.09. The van der Waals surface area contributed by atoms with E-state index >= 15 is 0 Å². The van der Waals surface area contributed by atoms with Gasteiger partial charge in [0, 0.05) is 24.7 Å². The molecule has 0 aromatic carbocycles. The van der Waals surface area contributed by atoms with Crippen LogP contribution in [-0.2, 0) is 9.59 Å². The minimum Gasteiger partial charge on any atom is -0.478 e. The molecule has 0 spiro atoms. The van der Waals surface area contributed by atoms with E-state index in [4.69, 9.17) is 5.11 Å². The minimum absolute atomic E-state index is 0.0454. The van der Waals surface area contributed by atoms with Crippen LogP contribution >= 0.6 is 0 Å². The van der Waals surface area contributed by atoms with Crippen LogP contribution in [0.3, 0.4) is 0 Å². The van der Waals surface area contributed by atoms with Crippen LogP contribution in [0.25, 0.3) is 0 Å². The largest absolute Gasteiger partial charge is 0.478 e. The SMILES string of the molecule is CC(CN1CCCC1)NC(=O)C=CC(=O)O. The molecule has 0 bridgehead atoms. The van der Waals surface area contributed by atoms with Gasteiger partial charge in [0.1, 0.15) is 0 Å². The molecule has 0 aromatic rings. The molecule has 5 heteroatoms. The maximum absolute atomic E-state index is 11.3. The molecule has 0 aliphatic carbocycles. The maximum atomic E-state index is 11.3. The first kappa shape index (κ1) is 12.7. The number of rotatable bonds is 5. The number of nitrogens with zero attached hydrogens (tertiary/aromatic N) is 1. The van der Waals surface area contributed by atoms with E-state index in [1.54, 1.807) is 0 Å². The van der Waals surface area contributed by atoms with Crippen molar-refractivity contribution in [2.75, 3.05) is 19.6 Å². The van der Waals surface area contributed by atoms with Crippen LogP contribution in [0.4, 0.5) is 0 Å². The topological polar surface area (TPSA) is 69.6 Å². The summed E-state index contributed by atoms with van der Waals surface area (Å²) < 4.78 is 0. The zero-order valence-corrected chi connectivity index (χ0v) is 9.48. The first-order valence-corrected chi connectivity index (χ1v) is 5.52. The van der Waals surface area contributed by atoms with Gasteiger partial charge in [-0.15, -0.1) is 0 Å². The molecule has 1 amide bonds. The smallest absolute Gasteiger partial charge is 0.328 e. The highest BCUT2D eigenvalue weighted by Crippen LogP contribution is 2.07. The first-order valence-electron chi connectivity index (χ1n) is 5.52. The van der Waals surface area contributed by atoms with Gasteiger partial charge in [-0.2, -0.15) is 0 Å². The van der Waals surface area contributed by atoms with Gasteiger partial charge in [0.25, 0.3) is 0 Å². The van der Waals surface area contributed by atoms with Crippen LogP contribution in [0.15, 0.2) is 12.2 Å². The van der Waals surface area contributed by atoms with E-state index < -0.39 is 5.97 Å². The van der Waals surface area contributed by atoms with Gasteiger partial charge in [0.2, 0.25) is 5.91 Å². The van der Waals surface area contributed by atoms with Crippen LogP contribution < -0.4 is 5.32 Å². The fraction of sp³-hybridized carbons (Fsp3) is 0.636. The van der Waals surface area contributed by atoms with Crippen LogP contribution in [0.1, 0.15) is 19.8 Å². The van der Waals surface area contributed by atoms with Crippen molar-refractivity contribution in [2.24, 2.45) is 0 Å². The molecular weight excluding hydrogens is 208 g/mol. The Morgan fingerprint density at radius 2 is 2.00 bits per heavy atom. The Morgan fingerprint density at radius 1 is 1.38 bits per heavy atom. The fourth-order valence-electron chi connectivity index (χ4n) is 1.84. The predicted octanol–water partition coefficient (Wildman–Crippen LogP) is 0.228. The van der Waals surface area contributed by atoms with Gasteiger partial charge in [-0.25, -0.2) is 4.79 Å². The summed E-state index contributed by atoms with van der Waals surface area (Å²) in [6.45, 7) is 4.92. The number of amides is 1. The number of hydrogen-bond acceptors (Lipinski definition) is 3. The molecule has 90 valence electrons. The molecule has 0 saturated carbocycles. The molecule has 2 N–H and O–H groups in total. The van der Waals surface area contributed by atoms with Crippen LogP contribution in [-0.4, -0.2) is 47.6 Å². The minimum atomic E-state index is -1.11. The van der Waals surface area contributed by atoms with Gasteiger partial charge in [-0.05, 0) is 32.9 Å². The summed E-state index contributed by atoms with van der Waals surface area (Å²) in [6.07, 6.45) is 4.33. The van der Waals surface area contributed by atoms with Gasteiger partial charge in [-0.1, -0.05) is 0 Å². The molecule has 0 radical (unpaired) electrons. The van der Waals surface area contributed by atoms with Crippen molar-refractivity contribution in [3.63, 3.8) is 0 Å². The van der Waals surface area contributed by atoms with Crippen molar-refractivity contribution in [1.82, 2.24) is 10.2 Å². The molecule has 1 saturated heterocycles. The van der Waals surface area contributed by atoms with Gasteiger partial charge in [0.15, 0.2) is 0 Å². The normalized spacial score (nSPS) is 18.8. The van der Waals surface area contributed by atoms with Crippen molar-refractivity contribution < 1.29 is 14.7 Å². The molecule has 5 nitrogen and oxygen atoms in total. The Morgan fingerprint density at radius 3 is 2.56 bits per heavy atom. The number of aliphatic carboxylic acids is 1. The van der Waals surface area contributed by atoms with E-state index in [1.807, 2.05) is 6.92 Å². The lowest BCUT2D eigenvalue weighted by atomic mass is 10.3. The summed E-state index contributed by atoms with van der Waals surface area (Å²) in [5, 5.41) is 11.1. The van der Waals surface area contributed by atoms with Crippen LogP contribution in [0.5, 0.6) is 0 Å². The van der Waals surface area contributed by atoms with Crippen molar-refractivity contribution in [1.29, 1.82) is 0 Å². The van der Waals surface area contributed by atoms with E-state index in [0.717, 1.165) is 31.8 Å². The zero-order chi connectivity index (χ0) is 12.0. The Bertz CT molecular complexity index is 283. The first-order chi connectivity index (χ1) is 7.58. The quantitative estimate of drug-likeness (QED) is 0.658. The van der Waals surface area contributed by atoms with Gasteiger partial charge in [0.05, 0.1) is 0 Å². The van der Waals surface area contributed by atoms with Crippen LogP contribution in [0.2, 0.25) is 0 Å². The lowest BCUT2D eigenvalue weighted by Gasteiger charge is -2.20. The van der Waals surface area contributed by atoms with E-state index in [9.17, 15) is 9.59 Å². The van der Waals surface area contributed by atoms with Crippen molar-refractivity contribution in [3.8, 4) is 0 Å². The van der Waals surface area contributed by atoms with E-state index in [0.29, 0.717) is 0 Å². The Balaban J connectivity index is 2.24. The third kappa shape index (κ3) is 4.93. The van der Waals surface area contributed by atoms with Crippen LogP contribution in [0, 0.1) is 0 Å². The molecular formula is C11H18N2O3. The highest BCUT2D eigenvalue weighted by molar-refractivity contribution is 5.93. The monoisotopic (exact) mass is 226 g/mol. The Hall–Kier alpha value is -1.36. The number of carboxylic acid groups (broad SMARTS) is 1. The molecule has 0 aromatic heterocycles. The molecule has 1 unspecified atom stereocenters. The maximum Gasteiger partial charge on any atom is 0.328 e. The molecule has 1 aliphatic rings. The molecule has 1 fully saturated rings. The third-order valence-electron chi connectivity index (χ3n) is 2.50. The van der Waals surface area contributed by atoms with Crippen molar-refractivity contribution >= 4 is 11.9 Å². The average molecular weight is 226 g/mol. The Kier molecular flexibility index (Phi) is 4.98. The molecule has 1 atom stereocenters. The number of carbonyl (C=O) groups excluding carboxylic acids is 1. The summed E-state index contributed by atoms with van der Waals surface area (Å²) in [6, 6.07) is 0.0454. The highest BCUT2D eigenvalue weighted by atomic mass is 16.4. The van der Waals surface area contributed by atoms with E-state index in [-0.39, 0.29) is 11.9 Å². The number of nitrogens with one attached hydrogen (secondary N) is 1. The van der Waals surface area contributed by atoms with E-state index in [1.165, 1.54) is 12.8 Å². The standard InChI is InChI=1S/C11H18N2O3/c1-9(8-13-6-2-3-7-13)12-10(14)4-5-11(15)16/h4-5,9H,2-3,6-8H2,1H3,(H,12,14)(H,15,16). The fourth-order valence-corrected chi connectivity index (χ4v) is 1.84. The van der Waals surface area contributed by atoms with Crippen molar-refractivity contribution in [3.05, 3.63) is 12.2 Å². The molecule has 1 rings (SSSR count). The van der Waals surface area contributed by atoms with E-state index in [2.05, 4.69) is 10.2 Å². The lowest BCUT2D eigenvalue weighted by Crippen LogP contribution is -2.40. The summed E-state index contributed by atoms with van der Waals surface area (Å²) in [5.74, 6) is -1.46. The number of likely N-dealkylation sites (tertiary alicyclic amines) is 1. The molecule has 16 heavy (non-hydrogen) atoms.